The normalized spacial score (nSPS) is 21.1. The molecule has 0 unspecified atom stereocenters. The molecule has 1 aromatic heterocycles. The lowest BCUT2D eigenvalue weighted by atomic mass is 10.1. The number of hydrogen-bond donors (Lipinski definition) is 1. The average molecular weight is 285 g/mol. The summed E-state index contributed by atoms with van der Waals surface area (Å²) in [5.74, 6) is 0.235. The Kier molecular flexibility index (Phi) is 3.69. The molecule has 3 rings (SSSR count). The molecule has 2 aliphatic rings. The van der Waals surface area contributed by atoms with Crippen molar-refractivity contribution < 1.29 is 13.2 Å². The van der Waals surface area contributed by atoms with Crippen LogP contribution >= 0.6 is 0 Å². The van der Waals surface area contributed by atoms with E-state index in [1.54, 1.807) is 0 Å². The molecule has 2 heterocycles. The highest BCUT2D eigenvalue weighted by molar-refractivity contribution is 5.28. The van der Waals surface area contributed by atoms with Crippen LogP contribution in [0.2, 0.25) is 0 Å². The van der Waals surface area contributed by atoms with E-state index in [9.17, 15) is 13.2 Å². The minimum atomic E-state index is -4.29. The van der Waals surface area contributed by atoms with Gasteiger partial charge in [0.15, 0.2) is 0 Å². The van der Waals surface area contributed by atoms with Crippen molar-refractivity contribution in [3.63, 3.8) is 0 Å². The Morgan fingerprint density at radius 1 is 1.20 bits per heavy atom. The molecule has 6 heteroatoms. The second-order valence-corrected chi connectivity index (χ2v) is 5.57. The molecule has 1 aliphatic heterocycles. The van der Waals surface area contributed by atoms with E-state index < -0.39 is 11.7 Å². The van der Waals surface area contributed by atoms with Crippen LogP contribution in [0.15, 0.2) is 12.1 Å². The molecular weight excluding hydrogens is 267 g/mol. The van der Waals surface area contributed by atoms with Crippen LogP contribution in [-0.4, -0.2) is 36.1 Å². The molecule has 20 heavy (non-hydrogen) atoms. The third kappa shape index (κ3) is 3.30. The van der Waals surface area contributed by atoms with Gasteiger partial charge in [-0.05, 0) is 25.0 Å². The monoisotopic (exact) mass is 285 g/mol. The van der Waals surface area contributed by atoms with Crippen LogP contribution < -0.4 is 5.32 Å². The van der Waals surface area contributed by atoms with Gasteiger partial charge in [-0.1, -0.05) is 0 Å². The Labute approximate surface area is 116 Å². The van der Waals surface area contributed by atoms with Gasteiger partial charge in [0.25, 0.3) is 0 Å². The summed E-state index contributed by atoms with van der Waals surface area (Å²) in [5, 5.41) is 3.23. The summed E-state index contributed by atoms with van der Waals surface area (Å²) in [4.78, 5) is 6.59. The number of aromatic nitrogens is 1. The first kappa shape index (κ1) is 13.8. The standard InChI is InChI=1S/C14H18F3N3/c15-14(16,17)11-7-12(9-20-5-3-18-4-6-20)19-13(8-11)10-1-2-10/h7-8,10,18H,1-6,9H2. The fourth-order valence-corrected chi connectivity index (χ4v) is 2.54. The zero-order chi connectivity index (χ0) is 14.2. The molecule has 1 aliphatic carbocycles. The van der Waals surface area contributed by atoms with E-state index in [-0.39, 0.29) is 5.92 Å². The van der Waals surface area contributed by atoms with Crippen LogP contribution in [0.25, 0.3) is 0 Å². The minimum absolute atomic E-state index is 0.235. The van der Waals surface area contributed by atoms with Gasteiger partial charge >= 0.3 is 6.18 Å². The average Bonchev–Trinajstić information content (AvgIpc) is 3.23. The van der Waals surface area contributed by atoms with E-state index >= 15 is 0 Å². The molecule has 1 N–H and O–H groups in total. The summed E-state index contributed by atoms with van der Waals surface area (Å²) < 4.78 is 38.9. The van der Waals surface area contributed by atoms with E-state index in [2.05, 4.69) is 15.2 Å². The van der Waals surface area contributed by atoms with E-state index in [1.165, 1.54) is 12.1 Å². The first-order chi connectivity index (χ1) is 9.52. The van der Waals surface area contributed by atoms with Gasteiger partial charge in [-0.3, -0.25) is 9.88 Å². The maximum atomic E-state index is 13.0. The molecular formula is C14H18F3N3. The summed E-state index contributed by atoms with van der Waals surface area (Å²) in [7, 11) is 0. The van der Waals surface area contributed by atoms with Crippen LogP contribution in [0.4, 0.5) is 13.2 Å². The largest absolute Gasteiger partial charge is 0.416 e. The summed E-state index contributed by atoms with van der Waals surface area (Å²) in [6.07, 6.45) is -2.37. The van der Waals surface area contributed by atoms with Crippen LogP contribution in [0, 0.1) is 0 Å². The Hall–Kier alpha value is -1.14. The molecule has 2 fully saturated rings. The number of alkyl halides is 3. The molecule has 0 bridgehead atoms. The van der Waals surface area contributed by atoms with Crippen LogP contribution in [0.1, 0.15) is 35.7 Å². The number of nitrogens with zero attached hydrogens (tertiary/aromatic N) is 2. The molecule has 0 spiro atoms. The summed E-state index contributed by atoms with van der Waals surface area (Å²) in [6, 6.07) is 2.42. The first-order valence-electron chi connectivity index (χ1n) is 7.03. The molecule has 110 valence electrons. The van der Waals surface area contributed by atoms with Crippen molar-refractivity contribution in [2.45, 2.75) is 31.5 Å². The van der Waals surface area contributed by atoms with Crippen molar-refractivity contribution in [2.75, 3.05) is 26.2 Å². The molecule has 1 saturated carbocycles. The first-order valence-corrected chi connectivity index (χ1v) is 7.03. The fraction of sp³-hybridized carbons (Fsp3) is 0.643. The number of hydrogen-bond acceptors (Lipinski definition) is 3. The Morgan fingerprint density at radius 3 is 2.50 bits per heavy atom. The van der Waals surface area contributed by atoms with Crippen molar-refractivity contribution in [3.8, 4) is 0 Å². The Morgan fingerprint density at radius 2 is 1.90 bits per heavy atom. The lowest BCUT2D eigenvalue weighted by Crippen LogP contribution is -2.43. The van der Waals surface area contributed by atoms with Crippen LogP contribution in [0.3, 0.4) is 0 Å². The quantitative estimate of drug-likeness (QED) is 0.924. The number of piperazine rings is 1. The van der Waals surface area contributed by atoms with Gasteiger partial charge in [-0.15, -0.1) is 0 Å². The summed E-state index contributed by atoms with van der Waals surface area (Å²) in [5.41, 5.74) is 0.605. The van der Waals surface area contributed by atoms with Gasteiger partial charge in [0, 0.05) is 44.3 Å². The van der Waals surface area contributed by atoms with Crippen molar-refractivity contribution in [1.29, 1.82) is 0 Å². The highest BCUT2D eigenvalue weighted by Gasteiger charge is 2.34. The van der Waals surface area contributed by atoms with Crippen molar-refractivity contribution >= 4 is 0 Å². The van der Waals surface area contributed by atoms with Crippen molar-refractivity contribution in [2.24, 2.45) is 0 Å². The molecule has 3 nitrogen and oxygen atoms in total. The molecule has 0 radical (unpaired) electrons. The SMILES string of the molecule is FC(F)(F)c1cc(CN2CCNCC2)nc(C2CC2)c1. The topological polar surface area (TPSA) is 28.2 Å². The van der Waals surface area contributed by atoms with Crippen LogP contribution in [-0.2, 0) is 12.7 Å². The van der Waals surface area contributed by atoms with E-state index in [1.807, 2.05) is 0 Å². The zero-order valence-corrected chi connectivity index (χ0v) is 11.2. The number of halogens is 3. The van der Waals surface area contributed by atoms with E-state index in [4.69, 9.17) is 0 Å². The number of rotatable bonds is 3. The lowest BCUT2D eigenvalue weighted by Gasteiger charge is -2.27. The molecule has 0 atom stereocenters. The molecule has 1 saturated heterocycles. The van der Waals surface area contributed by atoms with Crippen molar-refractivity contribution in [3.05, 3.63) is 29.1 Å². The highest BCUT2D eigenvalue weighted by atomic mass is 19.4. The van der Waals surface area contributed by atoms with Gasteiger partial charge in [-0.2, -0.15) is 13.2 Å². The van der Waals surface area contributed by atoms with E-state index in [0.29, 0.717) is 17.9 Å². The maximum Gasteiger partial charge on any atom is 0.416 e. The Bertz CT molecular complexity index is 477. The number of nitrogens with one attached hydrogen (secondary N) is 1. The van der Waals surface area contributed by atoms with Gasteiger partial charge in [0.2, 0.25) is 0 Å². The second-order valence-electron chi connectivity index (χ2n) is 5.57. The van der Waals surface area contributed by atoms with Crippen molar-refractivity contribution in [1.82, 2.24) is 15.2 Å². The number of pyridine rings is 1. The van der Waals surface area contributed by atoms with Gasteiger partial charge in [0.1, 0.15) is 0 Å². The fourth-order valence-electron chi connectivity index (χ4n) is 2.54. The highest BCUT2D eigenvalue weighted by Crippen LogP contribution is 2.41. The lowest BCUT2D eigenvalue weighted by molar-refractivity contribution is -0.137. The molecule has 0 aromatic carbocycles. The summed E-state index contributed by atoms with van der Waals surface area (Å²) >= 11 is 0. The van der Waals surface area contributed by atoms with Gasteiger partial charge in [0.05, 0.1) is 11.3 Å². The smallest absolute Gasteiger partial charge is 0.314 e. The third-order valence-electron chi connectivity index (χ3n) is 3.82. The minimum Gasteiger partial charge on any atom is -0.314 e. The molecule has 1 aromatic rings. The predicted molar refractivity (Wildman–Crippen MR) is 69.4 cm³/mol. The Balaban J connectivity index is 1.82. The van der Waals surface area contributed by atoms with Crippen LogP contribution in [0.5, 0.6) is 0 Å². The van der Waals surface area contributed by atoms with Gasteiger partial charge < -0.3 is 5.32 Å². The van der Waals surface area contributed by atoms with Gasteiger partial charge in [-0.25, -0.2) is 0 Å². The maximum absolute atomic E-state index is 13.0. The molecule has 0 amide bonds. The zero-order valence-electron chi connectivity index (χ0n) is 11.2. The summed E-state index contributed by atoms with van der Waals surface area (Å²) in [6.45, 7) is 3.99. The van der Waals surface area contributed by atoms with E-state index in [0.717, 1.165) is 39.0 Å². The second kappa shape index (κ2) is 5.33. The third-order valence-corrected chi connectivity index (χ3v) is 3.82. The predicted octanol–water partition coefficient (Wildman–Crippen LogP) is 2.38.